The molecule has 1 rings (SSSR count). The maximum atomic E-state index is 11.8. The number of Topliss-reactive ketones (excluding diaryl/α,β-unsaturated/α-hetero) is 1. The largest absolute Gasteiger partial charge is 0.328 e. The summed E-state index contributed by atoms with van der Waals surface area (Å²) >= 11 is 1.78. The van der Waals surface area contributed by atoms with Gasteiger partial charge in [0.2, 0.25) is 0 Å². The third-order valence-corrected chi connectivity index (χ3v) is 3.21. The Bertz CT molecular complexity index is 332. The van der Waals surface area contributed by atoms with Gasteiger partial charge in [-0.2, -0.15) is 0 Å². The maximum Gasteiger partial charge on any atom is 0.162 e. The molecule has 1 atom stereocenters. The van der Waals surface area contributed by atoms with Crippen LogP contribution < -0.4 is 5.73 Å². The lowest BCUT2D eigenvalue weighted by molar-refractivity contribution is 0.0978. The van der Waals surface area contributed by atoms with Crippen molar-refractivity contribution in [3.8, 4) is 0 Å². The number of carbonyl (C=O) groups excluding carboxylic acids is 1. The summed E-state index contributed by atoms with van der Waals surface area (Å²) in [6.45, 7) is 4.04. The van der Waals surface area contributed by atoms with Gasteiger partial charge < -0.3 is 5.73 Å². The predicted octanol–water partition coefficient (Wildman–Crippen LogP) is 3.11. The van der Waals surface area contributed by atoms with Gasteiger partial charge in [0, 0.05) is 22.9 Å². The van der Waals surface area contributed by atoms with E-state index >= 15 is 0 Å². The molecule has 0 heterocycles. The second-order valence-corrected chi connectivity index (χ2v) is 5.23. The number of hydrogen-bond acceptors (Lipinski definition) is 3. The lowest BCUT2D eigenvalue weighted by Crippen LogP contribution is -2.16. The Hall–Kier alpha value is -0.800. The molecule has 0 aromatic heterocycles. The Labute approximate surface area is 102 Å². The topological polar surface area (TPSA) is 43.1 Å². The van der Waals surface area contributed by atoms with Gasteiger partial charge in [0.15, 0.2) is 5.78 Å². The molecule has 0 saturated carbocycles. The first-order valence-electron chi connectivity index (χ1n) is 5.65. The van der Waals surface area contributed by atoms with E-state index < -0.39 is 0 Å². The van der Waals surface area contributed by atoms with Crippen molar-refractivity contribution in [2.45, 2.75) is 37.6 Å². The van der Waals surface area contributed by atoms with Crippen LogP contribution in [0, 0.1) is 0 Å². The minimum Gasteiger partial charge on any atom is -0.328 e. The van der Waals surface area contributed by atoms with E-state index in [1.165, 1.54) is 4.90 Å². The first-order valence-corrected chi connectivity index (χ1v) is 6.63. The van der Waals surface area contributed by atoms with Crippen molar-refractivity contribution in [1.82, 2.24) is 0 Å². The van der Waals surface area contributed by atoms with E-state index in [0.29, 0.717) is 6.42 Å². The molecule has 0 aliphatic heterocycles. The van der Waals surface area contributed by atoms with Crippen molar-refractivity contribution in [2.24, 2.45) is 5.73 Å². The fourth-order valence-electron chi connectivity index (χ4n) is 1.41. The van der Waals surface area contributed by atoms with Gasteiger partial charge in [-0.3, -0.25) is 4.79 Å². The summed E-state index contributed by atoms with van der Waals surface area (Å²) in [7, 11) is 0. The maximum absolute atomic E-state index is 11.8. The van der Waals surface area contributed by atoms with E-state index in [9.17, 15) is 4.79 Å². The molecule has 2 N–H and O–H groups in total. The number of nitrogens with two attached hydrogens (primary N) is 1. The van der Waals surface area contributed by atoms with Gasteiger partial charge >= 0.3 is 0 Å². The normalized spacial score (nSPS) is 12.4. The van der Waals surface area contributed by atoms with Crippen LogP contribution in [0.15, 0.2) is 29.2 Å². The Balaban J connectivity index is 2.56. The summed E-state index contributed by atoms with van der Waals surface area (Å²) in [6.07, 6.45) is 1.29. The summed E-state index contributed by atoms with van der Waals surface area (Å²) in [4.78, 5) is 13.0. The van der Waals surface area contributed by atoms with Gasteiger partial charge in [-0.25, -0.2) is 0 Å². The highest BCUT2D eigenvalue weighted by Crippen LogP contribution is 2.18. The minimum absolute atomic E-state index is 0.0962. The highest BCUT2D eigenvalue weighted by atomic mass is 32.2. The van der Waals surface area contributed by atoms with Gasteiger partial charge in [0.25, 0.3) is 0 Å². The molecule has 2 nitrogen and oxygen atoms in total. The SMILES string of the molecule is CCSc1ccc(C(=O)CCC(C)N)cc1. The predicted molar refractivity (Wildman–Crippen MR) is 70.1 cm³/mol. The Morgan fingerprint density at radius 3 is 2.50 bits per heavy atom. The molecule has 3 heteroatoms. The van der Waals surface area contributed by atoms with Crippen molar-refractivity contribution in [1.29, 1.82) is 0 Å². The van der Waals surface area contributed by atoms with Crippen LogP contribution in [0.5, 0.6) is 0 Å². The summed E-state index contributed by atoms with van der Waals surface area (Å²) < 4.78 is 0. The van der Waals surface area contributed by atoms with Crippen LogP contribution in [-0.2, 0) is 0 Å². The third kappa shape index (κ3) is 4.37. The van der Waals surface area contributed by atoms with Crippen LogP contribution in [0.2, 0.25) is 0 Å². The highest BCUT2D eigenvalue weighted by Gasteiger charge is 2.06. The average molecular weight is 237 g/mol. The minimum atomic E-state index is 0.0962. The molecule has 1 unspecified atom stereocenters. The standard InChI is InChI=1S/C13H19NOS/c1-3-16-12-7-5-11(6-8-12)13(15)9-4-10(2)14/h5-8,10H,3-4,9,14H2,1-2H3. The Morgan fingerprint density at radius 1 is 1.38 bits per heavy atom. The molecule has 1 aromatic carbocycles. The molecule has 1 aromatic rings. The molecule has 0 aliphatic carbocycles. The molecule has 0 amide bonds. The van der Waals surface area contributed by atoms with Crippen molar-refractivity contribution >= 4 is 17.5 Å². The fraction of sp³-hybridized carbons (Fsp3) is 0.462. The van der Waals surface area contributed by atoms with Crippen LogP contribution in [0.25, 0.3) is 0 Å². The van der Waals surface area contributed by atoms with Gasteiger partial charge in [-0.1, -0.05) is 19.1 Å². The molecular weight excluding hydrogens is 218 g/mol. The van der Waals surface area contributed by atoms with E-state index in [1.807, 2.05) is 31.2 Å². The monoisotopic (exact) mass is 237 g/mol. The van der Waals surface area contributed by atoms with E-state index in [4.69, 9.17) is 5.73 Å². The zero-order chi connectivity index (χ0) is 12.0. The van der Waals surface area contributed by atoms with Gasteiger partial charge in [0.1, 0.15) is 0 Å². The third-order valence-electron chi connectivity index (χ3n) is 2.31. The molecule has 0 aliphatic rings. The summed E-state index contributed by atoms with van der Waals surface area (Å²) in [6, 6.07) is 7.92. The Kier molecular flexibility index (Phi) is 5.56. The van der Waals surface area contributed by atoms with E-state index in [-0.39, 0.29) is 11.8 Å². The molecule has 0 bridgehead atoms. The van der Waals surface area contributed by atoms with Gasteiger partial charge in [0.05, 0.1) is 0 Å². The zero-order valence-corrected chi connectivity index (χ0v) is 10.7. The molecule has 16 heavy (non-hydrogen) atoms. The van der Waals surface area contributed by atoms with Gasteiger partial charge in [-0.15, -0.1) is 11.8 Å². The van der Waals surface area contributed by atoms with Crippen molar-refractivity contribution in [2.75, 3.05) is 5.75 Å². The van der Waals surface area contributed by atoms with Crippen molar-refractivity contribution in [3.05, 3.63) is 29.8 Å². The summed E-state index contributed by atoms with van der Waals surface area (Å²) in [5.74, 6) is 1.24. The van der Waals surface area contributed by atoms with Crippen LogP contribution in [-0.4, -0.2) is 17.6 Å². The average Bonchev–Trinajstić information content (AvgIpc) is 2.27. The molecule has 0 fully saturated rings. The number of benzene rings is 1. The summed E-state index contributed by atoms with van der Waals surface area (Å²) in [5, 5.41) is 0. The smallest absolute Gasteiger partial charge is 0.162 e. The Morgan fingerprint density at radius 2 is 2.00 bits per heavy atom. The lowest BCUT2D eigenvalue weighted by Gasteiger charge is -2.05. The second kappa shape index (κ2) is 6.71. The number of carbonyl (C=O) groups is 1. The van der Waals surface area contributed by atoms with Crippen molar-refractivity contribution in [3.63, 3.8) is 0 Å². The highest BCUT2D eigenvalue weighted by molar-refractivity contribution is 7.99. The van der Waals surface area contributed by atoms with Crippen LogP contribution in [0.3, 0.4) is 0 Å². The second-order valence-electron chi connectivity index (χ2n) is 3.90. The number of rotatable bonds is 6. The lowest BCUT2D eigenvalue weighted by atomic mass is 10.0. The van der Waals surface area contributed by atoms with Crippen molar-refractivity contribution < 1.29 is 4.79 Å². The van der Waals surface area contributed by atoms with Crippen LogP contribution in [0.4, 0.5) is 0 Å². The van der Waals surface area contributed by atoms with E-state index in [0.717, 1.165) is 17.7 Å². The van der Waals surface area contributed by atoms with Crippen LogP contribution in [0.1, 0.15) is 37.0 Å². The summed E-state index contributed by atoms with van der Waals surface area (Å²) in [5.41, 5.74) is 6.42. The first kappa shape index (κ1) is 13.3. The molecule has 0 radical (unpaired) electrons. The zero-order valence-electron chi connectivity index (χ0n) is 9.90. The quantitative estimate of drug-likeness (QED) is 0.610. The van der Waals surface area contributed by atoms with Crippen LogP contribution >= 0.6 is 11.8 Å². The first-order chi connectivity index (χ1) is 7.63. The van der Waals surface area contributed by atoms with E-state index in [1.54, 1.807) is 11.8 Å². The molecule has 88 valence electrons. The number of ketones is 1. The van der Waals surface area contributed by atoms with E-state index in [2.05, 4.69) is 6.92 Å². The fourth-order valence-corrected chi connectivity index (χ4v) is 2.07. The number of hydrogen-bond donors (Lipinski definition) is 1. The van der Waals surface area contributed by atoms with Gasteiger partial charge in [-0.05, 0) is 31.2 Å². The molecule has 0 spiro atoms. The number of thioether (sulfide) groups is 1. The molecule has 0 saturated heterocycles. The molecular formula is C13H19NOS.